The molecular weight excluding hydrogens is 515 g/mol. The van der Waals surface area contributed by atoms with Gasteiger partial charge in [0.25, 0.3) is 5.91 Å². The van der Waals surface area contributed by atoms with Crippen LogP contribution in [0.25, 0.3) is 0 Å². The molecule has 0 atom stereocenters. The van der Waals surface area contributed by atoms with Gasteiger partial charge in [0.1, 0.15) is 16.4 Å². The monoisotopic (exact) mass is 536 g/mol. The van der Waals surface area contributed by atoms with Gasteiger partial charge in [0.15, 0.2) is 12.4 Å². The third-order valence-electron chi connectivity index (χ3n) is 5.04. The largest absolute Gasteiger partial charge is 0.482 e. The van der Waals surface area contributed by atoms with E-state index < -0.39 is 22.5 Å². The molecule has 0 saturated carbocycles. The summed E-state index contributed by atoms with van der Waals surface area (Å²) in [5, 5.41) is 3.33. The number of carbonyl (C=O) groups excluding carboxylic acids is 1. The highest BCUT2D eigenvalue weighted by Gasteiger charge is 2.30. The molecule has 1 aliphatic heterocycles. The molecule has 1 aliphatic rings. The third kappa shape index (κ3) is 6.45. The minimum absolute atomic E-state index is 0.0166. The van der Waals surface area contributed by atoms with Crippen molar-refractivity contribution in [2.75, 3.05) is 38.2 Å². The summed E-state index contributed by atoms with van der Waals surface area (Å²) in [6.45, 7) is 0.572. The summed E-state index contributed by atoms with van der Waals surface area (Å²) in [6, 6.07) is 18.1. The first kappa shape index (κ1) is 25.3. The van der Waals surface area contributed by atoms with Crippen molar-refractivity contribution in [1.29, 1.82) is 0 Å². The van der Waals surface area contributed by atoms with Gasteiger partial charge < -0.3 is 19.5 Å². The van der Waals surface area contributed by atoms with Crippen LogP contribution in [0.5, 0.6) is 17.2 Å². The van der Waals surface area contributed by atoms with Crippen LogP contribution in [0.15, 0.2) is 71.6 Å². The van der Waals surface area contributed by atoms with Gasteiger partial charge in [0.2, 0.25) is 10.0 Å². The van der Waals surface area contributed by atoms with Crippen molar-refractivity contribution in [3.8, 4) is 17.2 Å². The van der Waals surface area contributed by atoms with E-state index in [0.717, 1.165) is 0 Å². The van der Waals surface area contributed by atoms with E-state index in [2.05, 4.69) is 5.32 Å². The number of nitrogens with zero attached hydrogens (tertiary/aromatic N) is 1. The van der Waals surface area contributed by atoms with E-state index >= 15 is 0 Å². The lowest BCUT2D eigenvalue weighted by molar-refractivity contribution is -0.118. The van der Waals surface area contributed by atoms with Gasteiger partial charge in [0.05, 0.1) is 18.9 Å². The quantitative estimate of drug-likeness (QED) is 0.443. The molecule has 8 nitrogen and oxygen atoms in total. The van der Waals surface area contributed by atoms with Crippen LogP contribution in [-0.2, 0) is 19.6 Å². The van der Waals surface area contributed by atoms with Crippen LogP contribution in [0, 0.1) is 0 Å². The summed E-state index contributed by atoms with van der Waals surface area (Å²) in [7, 11) is -3.89. The van der Waals surface area contributed by atoms with Crippen molar-refractivity contribution in [3.63, 3.8) is 0 Å². The molecule has 1 amide bonds. The highest BCUT2D eigenvalue weighted by atomic mass is 35.5. The third-order valence-corrected chi connectivity index (χ3v) is 7.43. The number of anilines is 1. The molecule has 184 valence electrons. The van der Waals surface area contributed by atoms with Gasteiger partial charge in [-0.15, -0.1) is 0 Å². The maximum atomic E-state index is 13.2. The number of amides is 1. The Morgan fingerprint density at radius 2 is 1.60 bits per heavy atom. The Labute approximate surface area is 213 Å². The first-order valence-corrected chi connectivity index (χ1v) is 12.8. The number of halogens is 2. The first-order chi connectivity index (χ1) is 16.8. The summed E-state index contributed by atoms with van der Waals surface area (Å²) in [4.78, 5) is 12.6. The van der Waals surface area contributed by atoms with E-state index in [4.69, 9.17) is 37.4 Å². The number of hydrogen-bond acceptors (Lipinski definition) is 6. The topological polar surface area (TPSA) is 94.2 Å². The molecule has 1 heterocycles. The summed E-state index contributed by atoms with van der Waals surface area (Å²) in [5.41, 5.74) is 0.340. The average Bonchev–Trinajstić information content (AvgIpc) is 2.86. The fraction of sp³-hybridized carbons (Fsp3) is 0.208. The van der Waals surface area contributed by atoms with Crippen LogP contribution >= 0.6 is 23.2 Å². The smallest absolute Gasteiger partial charge is 0.262 e. The Balaban J connectivity index is 1.49. The zero-order chi connectivity index (χ0) is 24.8. The van der Waals surface area contributed by atoms with Crippen molar-refractivity contribution in [2.45, 2.75) is 4.90 Å². The fourth-order valence-electron chi connectivity index (χ4n) is 3.36. The molecule has 3 aromatic carbocycles. The number of rotatable bonds is 8. The minimum atomic E-state index is -3.89. The maximum Gasteiger partial charge on any atom is 0.262 e. The molecule has 1 fully saturated rings. The van der Waals surface area contributed by atoms with Crippen LogP contribution in [0.1, 0.15) is 0 Å². The number of benzene rings is 3. The lowest BCUT2D eigenvalue weighted by atomic mass is 10.2. The van der Waals surface area contributed by atoms with E-state index in [1.807, 2.05) is 18.2 Å². The molecule has 0 unspecified atom stereocenters. The summed E-state index contributed by atoms with van der Waals surface area (Å²) in [5.74, 6) is 0.453. The zero-order valence-electron chi connectivity index (χ0n) is 18.4. The standard InChI is InChI=1S/C24H22Cl2N2O6S/c25-17-6-8-21(34-19-4-2-1-3-5-19)20(14-17)27-24(29)16-33-22-9-7-18(26)15-23(22)35(30,31)28-10-12-32-13-11-28/h1-9,14-15H,10-13,16H2,(H,27,29). The Bertz CT molecular complexity index is 1300. The summed E-state index contributed by atoms with van der Waals surface area (Å²) >= 11 is 12.2. The molecule has 11 heteroatoms. The van der Waals surface area contributed by atoms with E-state index in [0.29, 0.717) is 35.4 Å². The van der Waals surface area contributed by atoms with Crippen LogP contribution < -0.4 is 14.8 Å². The zero-order valence-corrected chi connectivity index (χ0v) is 20.8. The second-order valence-corrected chi connectivity index (χ2v) is 10.3. The van der Waals surface area contributed by atoms with E-state index in [9.17, 15) is 13.2 Å². The molecule has 4 rings (SSSR count). The van der Waals surface area contributed by atoms with Crippen molar-refractivity contribution in [3.05, 3.63) is 76.8 Å². The fourth-order valence-corrected chi connectivity index (χ4v) is 5.34. The van der Waals surface area contributed by atoms with Crippen LogP contribution in [0.2, 0.25) is 10.0 Å². The van der Waals surface area contributed by atoms with Crippen molar-refractivity contribution >= 4 is 44.8 Å². The molecule has 1 saturated heterocycles. The van der Waals surface area contributed by atoms with Gasteiger partial charge in [0, 0.05) is 23.1 Å². The normalized spacial score (nSPS) is 14.3. The van der Waals surface area contributed by atoms with Crippen molar-refractivity contribution in [1.82, 2.24) is 4.31 Å². The number of nitrogens with one attached hydrogen (secondary N) is 1. The SMILES string of the molecule is O=C(COc1ccc(Cl)cc1S(=O)(=O)N1CCOCC1)Nc1cc(Cl)ccc1Oc1ccccc1. The highest BCUT2D eigenvalue weighted by molar-refractivity contribution is 7.89. The van der Waals surface area contributed by atoms with Gasteiger partial charge in [-0.25, -0.2) is 8.42 Å². The van der Waals surface area contributed by atoms with Gasteiger partial charge >= 0.3 is 0 Å². The molecule has 0 aliphatic carbocycles. The molecule has 0 spiro atoms. The number of morpholine rings is 1. The second-order valence-electron chi connectivity index (χ2n) is 7.50. The molecule has 3 aromatic rings. The van der Waals surface area contributed by atoms with E-state index in [-0.39, 0.29) is 28.8 Å². The van der Waals surface area contributed by atoms with Gasteiger partial charge in [-0.1, -0.05) is 41.4 Å². The first-order valence-electron chi connectivity index (χ1n) is 10.7. The van der Waals surface area contributed by atoms with Gasteiger partial charge in [-0.3, -0.25) is 4.79 Å². The Morgan fingerprint density at radius 1 is 0.943 bits per heavy atom. The van der Waals surface area contributed by atoms with Crippen LogP contribution in [0.3, 0.4) is 0 Å². The molecular formula is C24H22Cl2N2O6S. The number of hydrogen-bond donors (Lipinski definition) is 1. The van der Waals surface area contributed by atoms with Gasteiger partial charge in [-0.05, 0) is 48.5 Å². The molecule has 1 N–H and O–H groups in total. The van der Waals surface area contributed by atoms with Gasteiger partial charge in [-0.2, -0.15) is 4.31 Å². The van der Waals surface area contributed by atoms with E-state index in [1.54, 1.807) is 30.3 Å². The minimum Gasteiger partial charge on any atom is -0.482 e. The number of sulfonamides is 1. The summed E-state index contributed by atoms with van der Waals surface area (Å²) in [6.07, 6.45) is 0. The number of para-hydroxylation sites is 1. The maximum absolute atomic E-state index is 13.2. The predicted molar refractivity (Wildman–Crippen MR) is 133 cm³/mol. The van der Waals surface area contributed by atoms with Crippen LogP contribution in [0.4, 0.5) is 5.69 Å². The Hall–Kier alpha value is -2.82. The van der Waals surface area contributed by atoms with Crippen LogP contribution in [-0.4, -0.2) is 51.5 Å². The van der Waals surface area contributed by atoms with Crippen molar-refractivity contribution in [2.24, 2.45) is 0 Å². The lowest BCUT2D eigenvalue weighted by Crippen LogP contribution is -2.40. The predicted octanol–water partition coefficient (Wildman–Crippen LogP) is 4.82. The summed E-state index contributed by atoms with van der Waals surface area (Å²) < 4.78 is 44.3. The highest BCUT2D eigenvalue weighted by Crippen LogP contribution is 2.33. The Kier molecular flexibility index (Phi) is 8.15. The molecule has 35 heavy (non-hydrogen) atoms. The van der Waals surface area contributed by atoms with Crippen molar-refractivity contribution < 1.29 is 27.4 Å². The molecule has 0 bridgehead atoms. The van der Waals surface area contributed by atoms with E-state index in [1.165, 1.54) is 22.5 Å². The lowest BCUT2D eigenvalue weighted by Gasteiger charge is -2.26. The number of carbonyl (C=O) groups is 1. The molecule has 0 aromatic heterocycles. The Morgan fingerprint density at radius 3 is 2.31 bits per heavy atom. The second kappa shape index (κ2) is 11.3. The average molecular weight is 537 g/mol. The molecule has 0 radical (unpaired) electrons. The number of ether oxygens (including phenoxy) is 3.